The Hall–Kier alpha value is -2.15. The molecule has 2 aromatic rings. The lowest BCUT2D eigenvalue weighted by Crippen LogP contribution is -2.43. The minimum Gasteiger partial charge on any atom is -0.376 e. The Morgan fingerprint density at radius 2 is 2.04 bits per heavy atom. The maximum atomic E-state index is 5.99. The van der Waals surface area contributed by atoms with Crippen molar-refractivity contribution >= 4 is 11.8 Å². The highest BCUT2D eigenvalue weighted by molar-refractivity contribution is 5.42. The van der Waals surface area contributed by atoms with Crippen molar-refractivity contribution < 1.29 is 4.74 Å². The molecule has 2 aliphatic heterocycles. The van der Waals surface area contributed by atoms with Crippen LogP contribution in [0.25, 0.3) is 0 Å². The molecular weight excluding hydrogens is 340 g/mol. The molecule has 0 bridgehead atoms. The predicted molar refractivity (Wildman–Crippen MR) is 106 cm³/mol. The molecular formula is C20H30N6O. The molecule has 2 atom stereocenters. The van der Waals surface area contributed by atoms with Gasteiger partial charge in [0.1, 0.15) is 11.6 Å². The van der Waals surface area contributed by atoms with Crippen LogP contribution in [0.1, 0.15) is 51.3 Å². The second kappa shape index (κ2) is 8.25. The second-order valence-corrected chi connectivity index (χ2v) is 7.95. The molecule has 0 radical (unpaired) electrons. The number of imidazole rings is 1. The van der Waals surface area contributed by atoms with Gasteiger partial charge in [-0.05, 0) is 37.7 Å². The molecule has 2 N–H and O–H groups in total. The molecule has 146 valence electrons. The van der Waals surface area contributed by atoms with Crippen LogP contribution < -0.4 is 10.2 Å². The molecule has 4 heterocycles. The molecule has 2 fully saturated rings. The van der Waals surface area contributed by atoms with E-state index in [1.54, 1.807) is 0 Å². The summed E-state index contributed by atoms with van der Waals surface area (Å²) in [6.07, 6.45) is 10.2. The Morgan fingerprint density at radius 3 is 2.78 bits per heavy atom. The van der Waals surface area contributed by atoms with Gasteiger partial charge in [0.25, 0.3) is 0 Å². The van der Waals surface area contributed by atoms with Crippen molar-refractivity contribution in [3.63, 3.8) is 0 Å². The van der Waals surface area contributed by atoms with Crippen molar-refractivity contribution in [1.29, 1.82) is 0 Å². The lowest BCUT2D eigenvalue weighted by atomic mass is 9.94. The quantitative estimate of drug-likeness (QED) is 0.841. The number of piperidine rings is 1. The zero-order chi connectivity index (χ0) is 18.6. The molecule has 2 aromatic heterocycles. The van der Waals surface area contributed by atoms with Crippen LogP contribution in [0.3, 0.4) is 0 Å². The van der Waals surface area contributed by atoms with E-state index in [9.17, 15) is 0 Å². The van der Waals surface area contributed by atoms with Gasteiger partial charge in [0, 0.05) is 44.2 Å². The Morgan fingerprint density at radius 1 is 1.19 bits per heavy atom. The molecule has 0 unspecified atom stereocenters. The third-order valence-corrected chi connectivity index (χ3v) is 5.68. The van der Waals surface area contributed by atoms with Gasteiger partial charge in [-0.2, -0.15) is 4.98 Å². The van der Waals surface area contributed by atoms with Gasteiger partial charge in [0.05, 0.1) is 12.1 Å². The van der Waals surface area contributed by atoms with Crippen molar-refractivity contribution in [1.82, 2.24) is 19.9 Å². The highest BCUT2D eigenvalue weighted by atomic mass is 16.5. The standard InChI is InChI=1S/C20H30N6O/c1-14(2)18-16(4-3-13-27-18)24-17-5-8-23-20(25-17)26-11-6-15(7-12-26)19-21-9-10-22-19/h5,8-10,14-16,18H,3-4,6-7,11-13H2,1-2H3,(H,21,22)(H,23,24,25)/t16-,18-/m0/s1. The molecule has 4 rings (SSSR count). The van der Waals surface area contributed by atoms with Gasteiger partial charge in [-0.1, -0.05) is 13.8 Å². The molecule has 0 spiro atoms. The minimum absolute atomic E-state index is 0.237. The van der Waals surface area contributed by atoms with Crippen molar-refractivity contribution in [3.05, 3.63) is 30.5 Å². The molecule has 27 heavy (non-hydrogen) atoms. The molecule has 0 aromatic carbocycles. The fraction of sp³-hybridized carbons (Fsp3) is 0.650. The summed E-state index contributed by atoms with van der Waals surface area (Å²) in [5.74, 6) is 3.81. The number of hydrogen-bond acceptors (Lipinski definition) is 6. The number of ether oxygens (including phenoxy) is 1. The van der Waals surface area contributed by atoms with E-state index < -0.39 is 0 Å². The average Bonchev–Trinajstić information content (AvgIpc) is 3.23. The maximum absolute atomic E-state index is 5.99. The van der Waals surface area contributed by atoms with Crippen LogP contribution in [0.4, 0.5) is 11.8 Å². The number of hydrogen-bond donors (Lipinski definition) is 2. The molecule has 0 amide bonds. The lowest BCUT2D eigenvalue weighted by molar-refractivity contribution is -0.0203. The number of nitrogens with zero attached hydrogens (tertiary/aromatic N) is 4. The van der Waals surface area contributed by atoms with Crippen LogP contribution in [-0.4, -0.2) is 51.8 Å². The first-order valence-corrected chi connectivity index (χ1v) is 10.2. The van der Waals surface area contributed by atoms with Gasteiger partial charge >= 0.3 is 0 Å². The zero-order valence-corrected chi connectivity index (χ0v) is 16.3. The van der Waals surface area contributed by atoms with Crippen LogP contribution in [0.5, 0.6) is 0 Å². The summed E-state index contributed by atoms with van der Waals surface area (Å²) in [5, 5.41) is 3.61. The van der Waals surface area contributed by atoms with Gasteiger partial charge in [0.15, 0.2) is 0 Å². The van der Waals surface area contributed by atoms with E-state index in [1.807, 2.05) is 24.7 Å². The van der Waals surface area contributed by atoms with Crippen LogP contribution >= 0.6 is 0 Å². The van der Waals surface area contributed by atoms with Gasteiger partial charge in [-0.25, -0.2) is 9.97 Å². The summed E-state index contributed by atoms with van der Waals surface area (Å²) in [5.41, 5.74) is 0. The number of nitrogens with one attached hydrogen (secondary N) is 2. The fourth-order valence-electron chi connectivity index (χ4n) is 4.24. The minimum atomic E-state index is 0.237. The predicted octanol–water partition coefficient (Wildman–Crippen LogP) is 3.20. The van der Waals surface area contributed by atoms with Crippen molar-refractivity contribution in [2.45, 2.75) is 57.6 Å². The first kappa shape index (κ1) is 18.2. The SMILES string of the molecule is CC(C)[C@@H]1OCCC[C@@H]1Nc1ccnc(N2CCC(c3ncc[nH]3)CC2)n1. The van der Waals surface area contributed by atoms with E-state index >= 15 is 0 Å². The van der Waals surface area contributed by atoms with Crippen molar-refractivity contribution in [2.24, 2.45) is 5.92 Å². The second-order valence-electron chi connectivity index (χ2n) is 7.95. The van der Waals surface area contributed by atoms with E-state index in [-0.39, 0.29) is 6.10 Å². The van der Waals surface area contributed by atoms with Gasteiger partial charge < -0.3 is 19.9 Å². The molecule has 7 heteroatoms. The molecule has 7 nitrogen and oxygen atoms in total. The van der Waals surface area contributed by atoms with E-state index in [0.717, 1.165) is 63.0 Å². The molecule has 0 saturated carbocycles. The summed E-state index contributed by atoms with van der Waals surface area (Å²) in [4.78, 5) is 19.3. The smallest absolute Gasteiger partial charge is 0.227 e. The van der Waals surface area contributed by atoms with E-state index in [0.29, 0.717) is 17.9 Å². The Kier molecular flexibility index (Phi) is 5.57. The number of H-pyrrole nitrogens is 1. The number of aromatic amines is 1. The molecule has 2 saturated heterocycles. The van der Waals surface area contributed by atoms with E-state index in [4.69, 9.17) is 9.72 Å². The Labute approximate surface area is 161 Å². The van der Waals surface area contributed by atoms with Gasteiger partial charge in [-0.15, -0.1) is 0 Å². The summed E-state index contributed by atoms with van der Waals surface area (Å²) < 4.78 is 5.99. The monoisotopic (exact) mass is 370 g/mol. The number of rotatable bonds is 5. The van der Waals surface area contributed by atoms with Gasteiger partial charge in [-0.3, -0.25) is 0 Å². The zero-order valence-electron chi connectivity index (χ0n) is 16.3. The van der Waals surface area contributed by atoms with Crippen molar-refractivity contribution in [2.75, 3.05) is 29.9 Å². The average molecular weight is 371 g/mol. The first-order chi connectivity index (χ1) is 13.2. The third-order valence-electron chi connectivity index (χ3n) is 5.68. The third kappa shape index (κ3) is 4.24. The van der Waals surface area contributed by atoms with Crippen LogP contribution in [0.2, 0.25) is 0 Å². The highest BCUT2D eigenvalue weighted by Crippen LogP contribution is 2.28. The lowest BCUT2D eigenvalue weighted by Gasteiger charge is -2.35. The molecule has 2 aliphatic rings. The fourth-order valence-corrected chi connectivity index (χ4v) is 4.24. The molecule has 0 aliphatic carbocycles. The summed E-state index contributed by atoms with van der Waals surface area (Å²) in [6, 6.07) is 2.27. The van der Waals surface area contributed by atoms with E-state index in [1.165, 1.54) is 0 Å². The summed E-state index contributed by atoms with van der Waals surface area (Å²) in [6.45, 7) is 7.21. The summed E-state index contributed by atoms with van der Waals surface area (Å²) in [7, 11) is 0. The topological polar surface area (TPSA) is 79.0 Å². The number of anilines is 2. The Bertz CT molecular complexity index is 711. The normalized spacial score (nSPS) is 24.3. The van der Waals surface area contributed by atoms with Crippen LogP contribution in [0, 0.1) is 5.92 Å². The Balaban J connectivity index is 1.39. The van der Waals surface area contributed by atoms with Crippen LogP contribution in [0.15, 0.2) is 24.7 Å². The summed E-state index contributed by atoms with van der Waals surface area (Å²) >= 11 is 0. The van der Waals surface area contributed by atoms with E-state index in [2.05, 4.69) is 39.0 Å². The van der Waals surface area contributed by atoms with Crippen LogP contribution in [-0.2, 0) is 4.74 Å². The van der Waals surface area contributed by atoms with Crippen molar-refractivity contribution in [3.8, 4) is 0 Å². The largest absolute Gasteiger partial charge is 0.376 e. The first-order valence-electron chi connectivity index (χ1n) is 10.2. The maximum Gasteiger partial charge on any atom is 0.227 e. The number of aromatic nitrogens is 4. The highest BCUT2D eigenvalue weighted by Gasteiger charge is 2.29. The van der Waals surface area contributed by atoms with Gasteiger partial charge in [0.2, 0.25) is 5.95 Å².